The molecule has 6 nitrogen and oxygen atoms in total. The molecule has 1 aromatic rings. The van der Waals surface area contributed by atoms with E-state index in [0.29, 0.717) is 12.5 Å². The fourth-order valence-corrected chi connectivity index (χ4v) is 4.27. The lowest BCUT2D eigenvalue weighted by molar-refractivity contribution is -0.132. The number of nitrogens with zero attached hydrogens (tertiary/aromatic N) is 5. The molecule has 2 aliphatic heterocycles. The summed E-state index contributed by atoms with van der Waals surface area (Å²) >= 11 is 0. The lowest BCUT2D eigenvalue weighted by Crippen LogP contribution is -2.44. The number of hydrogen-bond donors (Lipinski definition) is 0. The lowest BCUT2D eigenvalue weighted by Gasteiger charge is -2.34. The van der Waals surface area contributed by atoms with Gasteiger partial charge in [0.05, 0.1) is 6.54 Å². The normalized spacial score (nSPS) is 20.8. The van der Waals surface area contributed by atoms with Gasteiger partial charge in [0.1, 0.15) is 11.6 Å². The lowest BCUT2D eigenvalue weighted by atomic mass is 9.96. The molecule has 0 radical (unpaired) electrons. The quantitative estimate of drug-likeness (QED) is 0.807. The molecule has 0 aromatic carbocycles. The van der Waals surface area contributed by atoms with Crippen LogP contribution in [0.5, 0.6) is 0 Å². The highest BCUT2D eigenvalue weighted by Gasteiger charge is 2.28. The van der Waals surface area contributed by atoms with Crippen LogP contribution in [-0.4, -0.2) is 72.0 Å². The van der Waals surface area contributed by atoms with Gasteiger partial charge in [0.25, 0.3) is 0 Å². The summed E-state index contributed by atoms with van der Waals surface area (Å²) in [4.78, 5) is 28.7. The second kappa shape index (κ2) is 8.33. The molecule has 0 spiro atoms. The van der Waals surface area contributed by atoms with Crippen molar-refractivity contribution >= 4 is 11.7 Å². The number of likely N-dealkylation sites (N-methyl/N-ethyl adjacent to an activating group) is 1. The number of aryl methyl sites for hydroxylation is 1. The Kier molecular flexibility index (Phi) is 6.12. The number of amides is 1. The Hall–Kier alpha value is -1.69. The number of carbonyl (C=O) groups excluding carboxylic acids is 1. The van der Waals surface area contributed by atoms with Crippen LogP contribution in [0.25, 0.3) is 0 Å². The van der Waals surface area contributed by atoms with E-state index in [4.69, 9.17) is 9.97 Å². The number of likely N-dealkylation sites (tertiary alicyclic amines) is 1. The van der Waals surface area contributed by atoms with Crippen LogP contribution in [0, 0.1) is 6.92 Å². The van der Waals surface area contributed by atoms with E-state index in [1.807, 2.05) is 18.7 Å². The zero-order valence-corrected chi connectivity index (χ0v) is 16.8. The summed E-state index contributed by atoms with van der Waals surface area (Å²) in [5.74, 6) is 2.65. The Balaban J connectivity index is 1.73. The fraction of sp³-hybridized carbons (Fsp3) is 0.750. The van der Waals surface area contributed by atoms with Gasteiger partial charge in [-0.3, -0.25) is 9.69 Å². The van der Waals surface area contributed by atoms with Gasteiger partial charge in [0, 0.05) is 50.4 Å². The van der Waals surface area contributed by atoms with E-state index in [2.05, 4.69) is 23.8 Å². The van der Waals surface area contributed by atoms with E-state index in [0.717, 1.165) is 69.3 Å². The third-order valence-electron chi connectivity index (χ3n) is 5.84. The van der Waals surface area contributed by atoms with Crippen molar-refractivity contribution in [2.24, 2.45) is 0 Å². The molecule has 1 atom stereocenters. The van der Waals surface area contributed by atoms with Gasteiger partial charge in [-0.25, -0.2) is 9.97 Å². The van der Waals surface area contributed by atoms with Crippen molar-refractivity contribution in [1.29, 1.82) is 0 Å². The molecule has 26 heavy (non-hydrogen) atoms. The van der Waals surface area contributed by atoms with Crippen LogP contribution in [0.4, 0.5) is 5.82 Å². The van der Waals surface area contributed by atoms with Gasteiger partial charge in [0.15, 0.2) is 0 Å². The summed E-state index contributed by atoms with van der Waals surface area (Å²) in [5, 5.41) is 0. The zero-order chi connectivity index (χ0) is 18.7. The minimum atomic E-state index is 0.234. The molecular weight excluding hydrogens is 326 g/mol. The highest BCUT2D eigenvalue weighted by molar-refractivity contribution is 5.78. The first kappa shape index (κ1) is 19.1. The average Bonchev–Trinajstić information content (AvgIpc) is 2.63. The molecular formula is C20H33N5O. The van der Waals surface area contributed by atoms with Gasteiger partial charge in [-0.2, -0.15) is 0 Å². The van der Waals surface area contributed by atoms with Gasteiger partial charge in [0.2, 0.25) is 5.91 Å². The molecule has 0 bridgehead atoms. The van der Waals surface area contributed by atoms with Crippen molar-refractivity contribution in [3.05, 3.63) is 17.1 Å². The number of anilines is 1. The van der Waals surface area contributed by atoms with Crippen LogP contribution in [0.2, 0.25) is 0 Å². The van der Waals surface area contributed by atoms with E-state index in [1.54, 1.807) is 0 Å². The molecule has 3 rings (SSSR count). The number of piperidine rings is 1. The molecule has 1 unspecified atom stereocenters. The molecule has 2 aliphatic rings. The Morgan fingerprint density at radius 3 is 2.69 bits per heavy atom. The van der Waals surface area contributed by atoms with E-state index < -0.39 is 0 Å². The summed E-state index contributed by atoms with van der Waals surface area (Å²) in [7, 11) is 2.13. The third kappa shape index (κ3) is 4.00. The van der Waals surface area contributed by atoms with Crippen LogP contribution >= 0.6 is 0 Å². The first-order chi connectivity index (χ1) is 12.5. The van der Waals surface area contributed by atoms with Crippen molar-refractivity contribution in [3.63, 3.8) is 0 Å². The van der Waals surface area contributed by atoms with Crippen molar-refractivity contribution < 1.29 is 4.79 Å². The number of aromatic nitrogens is 2. The molecule has 0 N–H and O–H groups in total. The second-order valence-electron chi connectivity index (χ2n) is 7.63. The smallest absolute Gasteiger partial charge is 0.236 e. The molecule has 144 valence electrons. The Labute approximate surface area is 157 Å². The van der Waals surface area contributed by atoms with Gasteiger partial charge in [-0.15, -0.1) is 0 Å². The Morgan fingerprint density at radius 1 is 1.19 bits per heavy atom. The molecule has 1 aromatic heterocycles. The molecule has 1 amide bonds. The highest BCUT2D eigenvalue weighted by Crippen LogP contribution is 2.30. The molecule has 6 heteroatoms. The molecule has 0 saturated carbocycles. The minimum Gasteiger partial charge on any atom is -0.359 e. The van der Waals surface area contributed by atoms with E-state index in [9.17, 15) is 4.79 Å². The summed E-state index contributed by atoms with van der Waals surface area (Å²) in [6, 6.07) is 0. The number of carbonyl (C=O) groups is 1. The summed E-state index contributed by atoms with van der Waals surface area (Å²) in [6.45, 7) is 11.2. The van der Waals surface area contributed by atoms with Crippen LogP contribution in [0.3, 0.4) is 0 Å². The van der Waals surface area contributed by atoms with E-state index in [-0.39, 0.29) is 5.91 Å². The Morgan fingerprint density at radius 2 is 1.96 bits per heavy atom. The van der Waals surface area contributed by atoms with Crippen molar-refractivity contribution in [3.8, 4) is 0 Å². The maximum Gasteiger partial charge on any atom is 0.236 e. The van der Waals surface area contributed by atoms with E-state index >= 15 is 0 Å². The van der Waals surface area contributed by atoms with Gasteiger partial charge in [-0.05, 0) is 53.0 Å². The summed E-state index contributed by atoms with van der Waals surface area (Å²) in [5.41, 5.74) is 2.44. The molecule has 1 fully saturated rings. The van der Waals surface area contributed by atoms with Crippen LogP contribution < -0.4 is 4.90 Å². The maximum atomic E-state index is 12.5. The highest BCUT2D eigenvalue weighted by atomic mass is 16.2. The number of hydrogen-bond acceptors (Lipinski definition) is 5. The van der Waals surface area contributed by atoms with Crippen molar-refractivity contribution in [1.82, 2.24) is 19.8 Å². The predicted molar refractivity (Wildman–Crippen MR) is 105 cm³/mol. The standard InChI is InChI=1S/C20H33N5O/c1-5-25(6-2)18(26)14-24-12-7-9-16(13-24)19-21-15(3)17-10-8-11-23(4)20(17)22-19/h16H,5-14H2,1-4H3. The van der Waals surface area contributed by atoms with Gasteiger partial charge < -0.3 is 9.80 Å². The van der Waals surface area contributed by atoms with Crippen molar-refractivity contribution in [2.45, 2.75) is 52.4 Å². The van der Waals surface area contributed by atoms with Crippen LogP contribution in [0.15, 0.2) is 0 Å². The maximum absolute atomic E-state index is 12.5. The summed E-state index contributed by atoms with van der Waals surface area (Å²) in [6.07, 6.45) is 4.47. The first-order valence-corrected chi connectivity index (χ1v) is 10.1. The summed E-state index contributed by atoms with van der Waals surface area (Å²) < 4.78 is 0. The Bertz CT molecular complexity index is 643. The monoisotopic (exact) mass is 359 g/mol. The topological polar surface area (TPSA) is 52.6 Å². The number of rotatable bonds is 5. The largest absolute Gasteiger partial charge is 0.359 e. The SMILES string of the molecule is CCN(CC)C(=O)CN1CCCC(c2nc(C)c3c(n2)N(C)CCC3)C1. The second-order valence-corrected chi connectivity index (χ2v) is 7.63. The molecule has 3 heterocycles. The van der Waals surface area contributed by atoms with Crippen LogP contribution in [0.1, 0.15) is 56.1 Å². The zero-order valence-electron chi connectivity index (χ0n) is 16.8. The van der Waals surface area contributed by atoms with E-state index in [1.165, 1.54) is 12.0 Å². The van der Waals surface area contributed by atoms with Gasteiger partial charge in [-0.1, -0.05) is 0 Å². The van der Waals surface area contributed by atoms with Crippen LogP contribution in [-0.2, 0) is 11.2 Å². The minimum absolute atomic E-state index is 0.234. The fourth-order valence-electron chi connectivity index (χ4n) is 4.27. The predicted octanol–water partition coefficient (Wildman–Crippen LogP) is 2.22. The first-order valence-electron chi connectivity index (χ1n) is 10.1. The molecule has 1 saturated heterocycles. The van der Waals surface area contributed by atoms with Crippen molar-refractivity contribution in [2.75, 3.05) is 51.2 Å². The average molecular weight is 360 g/mol. The van der Waals surface area contributed by atoms with Gasteiger partial charge >= 0.3 is 0 Å². The molecule has 0 aliphatic carbocycles. The third-order valence-corrected chi connectivity index (χ3v) is 5.84. The number of fused-ring (bicyclic) bond motifs is 1.